The predicted octanol–water partition coefficient (Wildman–Crippen LogP) is 2.82. The zero-order chi connectivity index (χ0) is 13.0. The van der Waals surface area contributed by atoms with Crippen LogP contribution in [0.15, 0.2) is 48.7 Å². The molecule has 0 atom stereocenters. The molecule has 2 rings (SSSR count). The Morgan fingerprint density at radius 2 is 2.11 bits per heavy atom. The number of ketones is 1. The molecule has 0 aliphatic carbocycles. The molecule has 90 valence electrons. The van der Waals surface area contributed by atoms with Crippen LogP contribution in [0.5, 0.6) is 5.75 Å². The smallest absolute Gasteiger partial charge is 0.189 e. The Hall–Kier alpha value is -2.49. The van der Waals surface area contributed by atoms with Crippen LogP contribution in [0.1, 0.15) is 16.1 Å². The fraction of sp³-hybridized carbons (Fsp3) is 0. The van der Waals surface area contributed by atoms with Gasteiger partial charge in [-0.15, -0.1) is 0 Å². The largest absolute Gasteiger partial charge is 0.507 e. The molecular formula is C14H10FNO2. The quantitative estimate of drug-likeness (QED) is 0.666. The van der Waals surface area contributed by atoms with Gasteiger partial charge in [-0.2, -0.15) is 0 Å². The molecule has 0 unspecified atom stereocenters. The first kappa shape index (κ1) is 12.0. The van der Waals surface area contributed by atoms with E-state index >= 15 is 0 Å². The zero-order valence-electron chi connectivity index (χ0n) is 9.38. The number of rotatable bonds is 3. The van der Waals surface area contributed by atoms with Gasteiger partial charge in [0.05, 0.1) is 11.3 Å². The molecule has 18 heavy (non-hydrogen) atoms. The van der Waals surface area contributed by atoms with E-state index in [1.165, 1.54) is 12.2 Å². The van der Waals surface area contributed by atoms with Gasteiger partial charge in [0.2, 0.25) is 0 Å². The number of phenolic OH excluding ortho intramolecular Hbond substituents is 1. The molecule has 2 aromatic rings. The van der Waals surface area contributed by atoms with Gasteiger partial charge in [-0.3, -0.25) is 9.78 Å². The molecule has 0 spiro atoms. The fourth-order valence-electron chi connectivity index (χ4n) is 1.43. The van der Waals surface area contributed by atoms with Crippen LogP contribution in [0.25, 0.3) is 6.08 Å². The molecule has 0 saturated carbocycles. The molecule has 0 saturated heterocycles. The van der Waals surface area contributed by atoms with E-state index in [1.54, 1.807) is 24.4 Å². The maximum atomic E-state index is 13.0. The topological polar surface area (TPSA) is 50.2 Å². The van der Waals surface area contributed by atoms with Crippen molar-refractivity contribution in [2.45, 2.75) is 0 Å². The Morgan fingerprint density at radius 3 is 2.83 bits per heavy atom. The van der Waals surface area contributed by atoms with Crippen LogP contribution < -0.4 is 0 Å². The second-order valence-electron chi connectivity index (χ2n) is 3.61. The number of nitrogens with zero attached hydrogens (tertiary/aromatic N) is 1. The average molecular weight is 243 g/mol. The first-order valence-corrected chi connectivity index (χ1v) is 5.29. The molecule has 0 aliphatic rings. The van der Waals surface area contributed by atoms with Crippen LogP contribution in [0, 0.1) is 5.82 Å². The standard InChI is InChI=1S/C14H10FNO2/c15-10-4-6-13(17)12(9-10)14(18)7-5-11-3-1-2-8-16-11/h1-9,17H. The van der Waals surface area contributed by atoms with Crippen LogP contribution >= 0.6 is 0 Å². The maximum absolute atomic E-state index is 13.0. The normalized spacial score (nSPS) is 10.7. The molecule has 1 heterocycles. The minimum atomic E-state index is -0.567. The lowest BCUT2D eigenvalue weighted by atomic mass is 10.1. The third-order valence-electron chi connectivity index (χ3n) is 2.32. The number of carbonyl (C=O) groups is 1. The number of pyridine rings is 1. The SMILES string of the molecule is O=C(C=Cc1ccccn1)c1cc(F)ccc1O. The van der Waals surface area contributed by atoms with Gasteiger partial charge in [0.15, 0.2) is 5.78 Å². The Labute approximate surface area is 103 Å². The van der Waals surface area contributed by atoms with Gasteiger partial charge in [0.1, 0.15) is 11.6 Å². The number of allylic oxidation sites excluding steroid dienone is 1. The summed E-state index contributed by atoms with van der Waals surface area (Å²) in [6.45, 7) is 0. The van der Waals surface area contributed by atoms with Crippen LogP contribution in [0.4, 0.5) is 4.39 Å². The number of aromatic nitrogens is 1. The number of benzene rings is 1. The van der Waals surface area contributed by atoms with Gasteiger partial charge in [0.25, 0.3) is 0 Å². The molecule has 0 amide bonds. The Bertz CT molecular complexity index is 594. The van der Waals surface area contributed by atoms with Gasteiger partial charge in [0, 0.05) is 6.20 Å². The first-order valence-electron chi connectivity index (χ1n) is 5.29. The third kappa shape index (κ3) is 2.79. The van der Waals surface area contributed by atoms with Gasteiger partial charge >= 0.3 is 0 Å². The molecule has 0 aliphatic heterocycles. The van der Waals surface area contributed by atoms with Crippen molar-refractivity contribution in [3.05, 3.63) is 65.7 Å². The summed E-state index contributed by atoms with van der Waals surface area (Å²) in [6, 6.07) is 8.52. The monoisotopic (exact) mass is 243 g/mol. The Kier molecular flexibility index (Phi) is 3.48. The molecule has 1 aromatic carbocycles. The second-order valence-corrected chi connectivity index (χ2v) is 3.61. The van der Waals surface area contributed by atoms with E-state index < -0.39 is 11.6 Å². The third-order valence-corrected chi connectivity index (χ3v) is 2.32. The van der Waals surface area contributed by atoms with E-state index in [0.29, 0.717) is 5.69 Å². The van der Waals surface area contributed by atoms with Crippen molar-refractivity contribution >= 4 is 11.9 Å². The highest BCUT2D eigenvalue weighted by Crippen LogP contribution is 2.19. The molecule has 1 N–H and O–H groups in total. The van der Waals surface area contributed by atoms with E-state index in [4.69, 9.17) is 0 Å². The molecule has 1 aromatic heterocycles. The van der Waals surface area contributed by atoms with Gasteiger partial charge in [-0.25, -0.2) is 4.39 Å². The lowest BCUT2D eigenvalue weighted by molar-refractivity contribution is 0.104. The summed E-state index contributed by atoms with van der Waals surface area (Å²) in [5.74, 6) is -1.29. The number of hydrogen-bond donors (Lipinski definition) is 1. The summed E-state index contributed by atoms with van der Waals surface area (Å²) < 4.78 is 13.0. The lowest BCUT2D eigenvalue weighted by Gasteiger charge is -2.00. The van der Waals surface area contributed by atoms with E-state index in [1.807, 2.05) is 0 Å². The summed E-state index contributed by atoms with van der Waals surface area (Å²) in [7, 11) is 0. The number of hydrogen-bond acceptors (Lipinski definition) is 3. The molecule has 0 bridgehead atoms. The highest BCUT2D eigenvalue weighted by molar-refractivity contribution is 6.08. The molecule has 3 nitrogen and oxygen atoms in total. The lowest BCUT2D eigenvalue weighted by Crippen LogP contribution is -1.96. The summed E-state index contributed by atoms with van der Waals surface area (Å²) in [5.41, 5.74) is 0.545. The highest BCUT2D eigenvalue weighted by Gasteiger charge is 2.09. The summed E-state index contributed by atoms with van der Waals surface area (Å²) in [6.07, 6.45) is 4.35. The molecule has 0 fully saturated rings. The van der Waals surface area contributed by atoms with Crippen LogP contribution in [-0.2, 0) is 0 Å². The van der Waals surface area contributed by atoms with Gasteiger partial charge < -0.3 is 5.11 Å². The van der Waals surface area contributed by atoms with Crippen molar-refractivity contribution in [2.24, 2.45) is 0 Å². The van der Waals surface area contributed by atoms with Crippen LogP contribution in [0.2, 0.25) is 0 Å². The van der Waals surface area contributed by atoms with Crippen molar-refractivity contribution in [3.8, 4) is 5.75 Å². The summed E-state index contributed by atoms with van der Waals surface area (Å²) in [5, 5.41) is 9.47. The highest BCUT2D eigenvalue weighted by atomic mass is 19.1. The summed E-state index contributed by atoms with van der Waals surface area (Å²) in [4.78, 5) is 15.8. The maximum Gasteiger partial charge on any atom is 0.189 e. The number of halogens is 1. The molecule has 4 heteroatoms. The number of phenols is 1. The van der Waals surface area contributed by atoms with E-state index in [9.17, 15) is 14.3 Å². The van der Waals surface area contributed by atoms with Crippen molar-refractivity contribution in [1.29, 1.82) is 0 Å². The molecular weight excluding hydrogens is 233 g/mol. The van der Waals surface area contributed by atoms with Crippen molar-refractivity contribution in [3.63, 3.8) is 0 Å². The first-order chi connectivity index (χ1) is 8.66. The number of aromatic hydroxyl groups is 1. The predicted molar refractivity (Wildman–Crippen MR) is 65.7 cm³/mol. The van der Waals surface area contributed by atoms with Crippen LogP contribution in [0.3, 0.4) is 0 Å². The van der Waals surface area contributed by atoms with Crippen LogP contribution in [-0.4, -0.2) is 15.9 Å². The minimum absolute atomic E-state index is 0.0674. The van der Waals surface area contributed by atoms with E-state index in [0.717, 1.165) is 18.2 Å². The Balaban J connectivity index is 2.22. The fourth-order valence-corrected chi connectivity index (χ4v) is 1.43. The minimum Gasteiger partial charge on any atom is -0.507 e. The second kappa shape index (κ2) is 5.23. The Morgan fingerprint density at radius 1 is 1.28 bits per heavy atom. The van der Waals surface area contributed by atoms with Gasteiger partial charge in [-0.1, -0.05) is 6.07 Å². The summed E-state index contributed by atoms with van der Waals surface area (Å²) >= 11 is 0. The molecule has 0 radical (unpaired) electrons. The van der Waals surface area contributed by atoms with E-state index in [2.05, 4.69) is 4.98 Å². The van der Waals surface area contributed by atoms with Gasteiger partial charge in [-0.05, 0) is 42.5 Å². The number of carbonyl (C=O) groups excluding carboxylic acids is 1. The van der Waals surface area contributed by atoms with E-state index in [-0.39, 0.29) is 11.3 Å². The van der Waals surface area contributed by atoms with Crippen molar-refractivity contribution in [1.82, 2.24) is 4.98 Å². The average Bonchev–Trinajstić information content (AvgIpc) is 2.40. The van der Waals surface area contributed by atoms with Crippen molar-refractivity contribution in [2.75, 3.05) is 0 Å². The zero-order valence-corrected chi connectivity index (χ0v) is 9.38. The van der Waals surface area contributed by atoms with Crippen molar-refractivity contribution < 1.29 is 14.3 Å².